The van der Waals surface area contributed by atoms with Crippen molar-refractivity contribution in [2.24, 2.45) is 0 Å². The van der Waals surface area contributed by atoms with Crippen LogP contribution in [0.5, 0.6) is 0 Å². The molecule has 112 valence electrons. The summed E-state index contributed by atoms with van der Waals surface area (Å²) in [6, 6.07) is 6.49. The van der Waals surface area contributed by atoms with Crippen molar-refractivity contribution in [2.45, 2.75) is 12.6 Å². The standard InChI is InChI=1S/C14H14F3N3O/c1-20(2)13(21)10-5-3-9(4-6-10)7-11-8-18-19-12(11)14(15,16)17/h3-6,8H,7H2,1-2H3,(H,18,19). The molecule has 0 aliphatic carbocycles. The summed E-state index contributed by atoms with van der Waals surface area (Å²) in [6.07, 6.45) is -3.18. The number of aromatic nitrogens is 2. The minimum absolute atomic E-state index is 0.0780. The van der Waals surface area contributed by atoms with Crippen LogP contribution in [0.25, 0.3) is 0 Å². The minimum atomic E-state index is -4.45. The van der Waals surface area contributed by atoms with Crippen LogP contribution in [-0.2, 0) is 12.6 Å². The zero-order chi connectivity index (χ0) is 15.6. The maximum absolute atomic E-state index is 12.7. The number of amides is 1. The molecule has 1 aromatic heterocycles. The molecule has 0 fully saturated rings. The first-order chi connectivity index (χ1) is 9.79. The maximum atomic E-state index is 12.7. The molecular weight excluding hydrogens is 283 g/mol. The van der Waals surface area contributed by atoms with E-state index in [1.54, 1.807) is 38.4 Å². The van der Waals surface area contributed by atoms with E-state index in [4.69, 9.17) is 0 Å². The molecule has 0 aliphatic rings. The summed E-state index contributed by atoms with van der Waals surface area (Å²) in [7, 11) is 3.27. The fourth-order valence-electron chi connectivity index (χ4n) is 1.93. The fourth-order valence-corrected chi connectivity index (χ4v) is 1.93. The number of carbonyl (C=O) groups excluding carboxylic acids is 1. The molecule has 21 heavy (non-hydrogen) atoms. The number of halogens is 3. The van der Waals surface area contributed by atoms with Crippen molar-refractivity contribution >= 4 is 5.91 Å². The zero-order valence-electron chi connectivity index (χ0n) is 11.5. The summed E-state index contributed by atoms with van der Waals surface area (Å²) in [5.74, 6) is -0.152. The van der Waals surface area contributed by atoms with Gasteiger partial charge in [0.05, 0.1) is 6.20 Å². The summed E-state index contributed by atoms with van der Waals surface area (Å²) >= 11 is 0. The number of hydrogen-bond donors (Lipinski definition) is 1. The van der Waals surface area contributed by atoms with Crippen molar-refractivity contribution in [2.75, 3.05) is 14.1 Å². The van der Waals surface area contributed by atoms with Crippen LogP contribution < -0.4 is 0 Å². The van der Waals surface area contributed by atoms with Gasteiger partial charge < -0.3 is 4.90 Å². The Hall–Kier alpha value is -2.31. The average molecular weight is 297 g/mol. The van der Waals surface area contributed by atoms with Gasteiger partial charge in [0, 0.05) is 31.6 Å². The number of H-pyrrole nitrogens is 1. The van der Waals surface area contributed by atoms with Crippen molar-refractivity contribution < 1.29 is 18.0 Å². The van der Waals surface area contributed by atoms with Gasteiger partial charge in [0.1, 0.15) is 5.69 Å². The van der Waals surface area contributed by atoms with Crippen LogP contribution in [0.15, 0.2) is 30.5 Å². The zero-order valence-corrected chi connectivity index (χ0v) is 11.5. The van der Waals surface area contributed by atoms with E-state index in [1.807, 2.05) is 5.10 Å². The van der Waals surface area contributed by atoms with Crippen LogP contribution >= 0.6 is 0 Å². The monoisotopic (exact) mass is 297 g/mol. The number of alkyl halides is 3. The highest BCUT2D eigenvalue weighted by Crippen LogP contribution is 2.31. The van der Waals surface area contributed by atoms with Gasteiger partial charge in [-0.3, -0.25) is 9.89 Å². The molecule has 1 amide bonds. The lowest BCUT2D eigenvalue weighted by atomic mass is 10.0. The third kappa shape index (κ3) is 3.42. The summed E-state index contributed by atoms with van der Waals surface area (Å²) in [4.78, 5) is 13.2. The Morgan fingerprint density at radius 3 is 2.38 bits per heavy atom. The van der Waals surface area contributed by atoms with Gasteiger partial charge in [0.15, 0.2) is 0 Å². The van der Waals surface area contributed by atoms with Crippen LogP contribution in [-0.4, -0.2) is 35.1 Å². The van der Waals surface area contributed by atoms with Crippen LogP contribution in [0.4, 0.5) is 13.2 Å². The quantitative estimate of drug-likeness (QED) is 0.947. The first kappa shape index (κ1) is 15.1. The lowest BCUT2D eigenvalue weighted by Crippen LogP contribution is -2.21. The number of aromatic amines is 1. The number of nitrogens with one attached hydrogen (secondary N) is 1. The summed E-state index contributed by atoms with van der Waals surface area (Å²) in [5, 5.41) is 5.42. The number of nitrogens with zero attached hydrogens (tertiary/aromatic N) is 2. The third-order valence-corrected chi connectivity index (χ3v) is 3.00. The Bertz CT molecular complexity index is 630. The van der Waals surface area contributed by atoms with Gasteiger partial charge in [-0.1, -0.05) is 12.1 Å². The molecule has 1 heterocycles. The van der Waals surface area contributed by atoms with E-state index in [0.717, 1.165) is 0 Å². The van der Waals surface area contributed by atoms with E-state index < -0.39 is 11.9 Å². The van der Waals surface area contributed by atoms with Gasteiger partial charge in [0.25, 0.3) is 5.91 Å². The molecule has 0 atom stereocenters. The molecule has 1 aromatic carbocycles. The Morgan fingerprint density at radius 2 is 1.86 bits per heavy atom. The summed E-state index contributed by atoms with van der Waals surface area (Å²) in [6.45, 7) is 0. The molecule has 0 spiro atoms. The molecule has 0 saturated heterocycles. The molecule has 2 aromatic rings. The molecule has 2 rings (SSSR count). The third-order valence-electron chi connectivity index (χ3n) is 3.00. The maximum Gasteiger partial charge on any atom is 0.433 e. The highest BCUT2D eigenvalue weighted by molar-refractivity contribution is 5.93. The van der Waals surface area contributed by atoms with Gasteiger partial charge in [-0.25, -0.2) is 0 Å². The van der Waals surface area contributed by atoms with Crippen LogP contribution in [0.3, 0.4) is 0 Å². The first-order valence-corrected chi connectivity index (χ1v) is 6.19. The van der Waals surface area contributed by atoms with Crippen LogP contribution in [0, 0.1) is 0 Å². The Balaban J connectivity index is 2.18. The fraction of sp³-hybridized carbons (Fsp3) is 0.286. The summed E-state index contributed by atoms with van der Waals surface area (Å²) < 4.78 is 38.2. The van der Waals surface area contributed by atoms with E-state index >= 15 is 0 Å². The van der Waals surface area contributed by atoms with E-state index in [0.29, 0.717) is 11.1 Å². The molecule has 1 N–H and O–H groups in total. The van der Waals surface area contributed by atoms with E-state index in [9.17, 15) is 18.0 Å². The Labute approximate surface area is 119 Å². The van der Waals surface area contributed by atoms with Gasteiger partial charge >= 0.3 is 6.18 Å². The SMILES string of the molecule is CN(C)C(=O)c1ccc(Cc2cn[nH]c2C(F)(F)F)cc1. The van der Waals surface area contributed by atoms with E-state index in [-0.39, 0.29) is 17.9 Å². The van der Waals surface area contributed by atoms with Crippen molar-refractivity contribution in [1.82, 2.24) is 15.1 Å². The van der Waals surface area contributed by atoms with Gasteiger partial charge in [0.2, 0.25) is 0 Å². The van der Waals surface area contributed by atoms with E-state index in [1.165, 1.54) is 11.1 Å². The number of rotatable bonds is 3. The minimum Gasteiger partial charge on any atom is -0.345 e. The first-order valence-electron chi connectivity index (χ1n) is 6.19. The second kappa shape index (κ2) is 5.59. The highest BCUT2D eigenvalue weighted by atomic mass is 19.4. The molecule has 7 heteroatoms. The second-order valence-electron chi connectivity index (χ2n) is 4.84. The smallest absolute Gasteiger partial charge is 0.345 e. The molecule has 0 radical (unpaired) electrons. The molecule has 0 aliphatic heterocycles. The number of carbonyl (C=O) groups is 1. The van der Waals surface area contributed by atoms with Gasteiger partial charge in [-0.15, -0.1) is 0 Å². The van der Waals surface area contributed by atoms with Crippen LogP contribution in [0.1, 0.15) is 27.2 Å². The molecule has 0 unspecified atom stereocenters. The average Bonchev–Trinajstić information content (AvgIpc) is 2.87. The van der Waals surface area contributed by atoms with Crippen molar-refractivity contribution in [1.29, 1.82) is 0 Å². The second-order valence-corrected chi connectivity index (χ2v) is 4.84. The molecule has 0 saturated carbocycles. The predicted octanol–water partition coefficient (Wildman–Crippen LogP) is 2.72. The van der Waals surface area contributed by atoms with Gasteiger partial charge in [-0.05, 0) is 17.7 Å². The predicted molar refractivity (Wildman–Crippen MR) is 70.9 cm³/mol. The van der Waals surface area contributed by atoms with Crippen molar-refractivity contribution in [3.05, 3.63) is 52.8 Å². The van der Waals surface area contributed by atoms with E-state index in [2.05, 4.69) is 5.10 Å². The molecule has 4 nitrogen and oxygen atoms in total. The lowest BCUT2D eigenvalue weighted by molar-refractivity contribution is -0.141. The van der Waals surface area contributed by atoms with Crippen LogP contribution in [0.2, 0.25) is 0 Å². The topological polar surface area (TPSA) is 49.0 Å². The van der Waals surface area contributed by atoms with Crippen molar-refractivity contribution in [3.8, 4) is 0 Å². The Morgan fingerprint density at radius 1 is 1.24 bits per heavy atom. The largest absolute Gasteiger partial charge is 0.433 e. The number of hydrogen-bond acceptors (Lipinski definition) is 2. The normalized spacial score (nSPS) is 11.5. The molecule has 0 bridgehead atoms. The number of benzene rings is 1. The summed E-state index contributed by atoms with van der Waals surface area (Å²) in [5.41, 5.74) is 0.411. The van der Waals surface area contributed by atoms with Gasteiger partial charge in [-0.2, -0.15) is 18.3 Å². The molecular formula is C14H14F3N3O. The highest BCUT2D eigenvalue weighted by Gasteiger charge is 2.35. The Kier molecular flexibility index (Phi) is 4.02. The lowest BCUT2D eigenvalue weighted by Gasteiger charge is -2.11. The van der Waals surface area contributed by atoms with Crippen molar-refractivity contribution in [3.63, 3.8) is 0 Å².